The number of nitrogen functional groups attached to an aromatic ring is 1. The predicted octanol–water partition coefficient (Wildman–Crippen LogP) is 2.89. The Morgan fingerprint density at radius 2 is 1.82 bits per heavy atom. The SMILES string of the molecule is Cc1nnc(N2N=C(c3ccc(N)cc3)c3cc4c(cc3C[C@H]2C)OCO4)o1. The predicted molar refractivity (Wildman–Crippen MR) is 104 cm³/mol. The lowest BCUT2D eigenvalue weighted by Crippen LogP contribution is -2.29. The molecule has 0 unspecified atom stereocenters. The lowest BCUT2D eigenvalue weighted by molar-refractivity contribution is 0.174. The van der Waals surface area contributed by atoms with Gasteiger partial charge >= 0.3 is 6.01 Å². The summed E-state index contributed by atoms with van der Waals surface area (Å²) in [5.41, 5.74) is 10.4. The number of ether oxygens (including phenoxy) is 2. The first kappa shape index (κ1) is 16.6. The summed E-state index contributed by atoms with van der Waals surface area (Å²) >= 11 is 0. The van der Waals surface area contributed by atoms with Gasteiger partial charge in [-0.3, -0.25) is 0 Å². The van der Waals surface area contributed by atoms with Crippen molar-refractivity contribution in [2.24, 2.45) is 5.10 Å². The fourth-order valence-electron chi connectivity index (χ4n) is 3.50. The topological polar surface area (TPSA) is 99.0 Å². The first-order valence-electron chi connectivity index (χ1n) is 9.05. The Morgan fingerprint density at radius 3 is 2.54 bits per heavy atom. The molecule has 8 heteroatoms. The van der Waals surface area contributed by atoms with Gasteiger partial charge in [-0.15, -0.1) is 5.10 Å². The highest BCUT2D eigenvalue weighted by atomic mass is 16.7. The lowest BCUT2D eigenvalue weighted by atomic mass is 9.94. The second kappa shape index (κ2) is 6.26. The van der Waals surface area contributed by atoms with Gasteiger partial charge in [0.2, 0.25) is 12.7 Å². The minimum Gasteiger partial charge on any atom is -0.454 e. The molecule has 8 nitrogen and oxygen atoms in total. The van der Waals surface area contributed by atoms with Crippen LogP contribution in [-0.4, -0.2) is 28.7 Å². The Kier molecular flexibility index (Phi) is 3.71. The molecule has 2 N–H and O–H groups in total. The van der Waals surface area contributed by atoms with E-state index < -0.39 is 0 Å². The van der Waals surface area contributed by atoms with Crippen molar-refractivity contribution in [1.29, 1.82) is 0 Å². The molecule has 28 heavy (non-hydrogen) atoms. The molecule has 0 fully saturated rings. The maximum Gasteiger partial charge on any atom is 0.339 e. The maximum atomic E-state index is 5.88. The first-order chi connectivity index (χ1) is 13.6. The van der Waals surface area contributed by atoms with Crippen molar-refractivity contribution in [3.63, 3.8) is 0 Å². The minimum absolute atomic E-state index is 0.00486. The van der Waals surface area contributed by atoms with E-state index in [1.165, 1.54) is 0 Å². The highest BCUT2D eigenvalue weighted by Gasteiger charge is 2.29. The molecule has 142 valence electrons. The summed E-state index contributed by atoms with van der Waals surface area (Å²) in [7, 11) is 0. The summed E-state index contributed by atoms with van der Waals surface area (Å²) < 4.78 is 16.8. The van der Waals surface area contributed by atoms with E-state index in [1.807, 2.05) is 36.4 Å². The number of hydrazone groups is 1. The largest absolute Gasteiger partial charge is 0.454 e. The number of rotatable bonds is 2. The second-order valence-electron chi connectivity index (χ2n) is 6.93. The molecular formula is C20H19N5O3. The van der Waals surface area contributed by atoms with Crippen molar-refractivity contribution in [2.45, 2.75) is 26.3 Å². The third kappa shape index (κ3) is 2.74. The van der Waals surface area contributed by atoms with Crippen LogP contribution in [0.2, 0.25) is 0 Å². The highest BCUT2D eigenvalue weighted by Crippen LogP contribution is 2.38. The molecule has 1 atom stereocenters. The third-order valence-corrected chi connectivity index (χ3v) is 4.89. The fourth-order valence-corrected chi connectivity index (χ4v) is 3.50. The summed E-state index contributed by atoms with van der Waals surface area (Å²) in [5, 5.41) is 14.8. The number of aromatic nitrogens is 2. The van der Waals surface area contributed by atoms with E-state index in [2.05, 4.69) is 17.1 Å². The van der Waals surface area contributed by atoms with Crippen LogP contribution < -0.4 is 20.2 Å². The van der Waals surface area contributed by atoms with E-state index >= 15 is 0 Å². The van der Waals surface area contributed by atoms with Gasteiger partial charge in [0.25, 0.3) is 0 Å². The second-order valence-corrected chi connectivity index (χ2v) is 6.93. The third-order valence-electron chi connectivity index (χ3n) is 4.89. The van der Waals surface area contributed by atoms with Gasteiger partial charge in [-0.25, -0.2) is 5.01 Å². The van der Waals surface area contributed by atoms with Crippen molar-refractivity contribution in [2.75, 3.05) is 17.5 Å². The molecule has 5 rings (SSSR count). The van der Waals surface area contributed by atoms with Crippen LogP contribution in [-0.2, 0) is 6.42 Å². The molecule has 3 heterocycles. The van der Waals surface area contributed by atoms with Crippen LogP contribution in [0, 0.1) is 6.92 Å². The van der Waals surface area contributed by atoms with E-state index in [0.717, 1.165) is 40.3 Å². The normalized spacial score (nSPS) is 17.9. The number of hydrogen-bond acceptors (Lipinski definition) is 8. The van der Waals surface area contributed by atoms with Gasteiger partial charge < -0.3 is 19.6 Å². The summed E-state index contributed by atoms with van der Waals surface area (Å²) in [6.45, 7) is 4.07. The minimum atomic E-state index is 0.00486. The summed E-state index contributed by atoms with van der Waals surface area (Å²) in [6, 6.07) is 12.0. The number of anilines is 2. The van der Waals surface area contributed by atoms with Crippen LogP contribution in [0.4, 0.5) is 11.7 Å². The quantitative estimate of drug-likeness (QED) is 0.686. The molecule has 0 spiro atoms. The van der Waals surface area contributed by atoms with Crippen LogP contribution in [0.3, 0.4) is 0 Å². The van der Waals surface area contributed by atoms with E-state index in [9.17, 15) is 0 Å². The number of benzene rings is 2. The maximum absolute atomic E-state index is 5.88. The van der Waals surface area contributed by atoms with Crippen LogP contribution in [0.5, 0.6) is 11.5 Å². The molecule has 0 saturated carbocycles. The van der Waals surface area contributed by atoms with Crippen molar-refractivity contribution < 1.29 is 13.9 Å². The molecule has 0 amide bonds. The molecule has 2 aromatic carbocycles. The van der Waals surface area contributed by atoms with Crippen LogP contribution in [0.1, 0.15) is 29.5 Å². The smallest absolute Gasteiger partial charge is 0.339 e. The number of hydrogen-bond donors (Lipinski definition) is 1. The Labute approximate surface area is 161 Å². The van der Waals surface area contributed by atoms with Gasteiger partial charge in [0.15, 0.2) is 11.5 Å². The molecule has 3 aromatic rings. The van der Waals surface area contributed by atoms with Crippen LogP contribution in [0.25, 0.3) is 0 Å². The Bertz CT molecular complexity index is 1070. The Morgan fingerprint density at radius 1 is 1.07 bits per heavy atom. The molecule has 0 radical (unpaired) electrons. The van der Waals surface area contributed by atoms with Gasteiger partial charge in [0, 0.05) is 23.7 Å². The van der Waals surface area contributed by atoms with Gasteiger partial charge in [0.05, 0.1) is 11.8 Å². The van der Waals surface area contributed by atoms with Crippen molar-refractivity contribution in [3.05, 3.63) is 59.0 Å². The lowest BCUT2D eigenvalue weighted by Gasteiger charge is -2.20. The number of nitrogens with two attached hydrogens (primary N) is 1. The Hall–Kier alpha value is -3.55. The molecular weight excluding hydrogens is 358 g/mol. The van der Waals surface area contributed by atoms with Gasteiger partial charge in [0.1, 0.15) is 0 Å². The van der Waals surface area contributed by atoms with Crippen molar-refractivity contribution in [3.8, 4) is 11.5 Å². The van der Waals surface area contributed by atoms with Gasteiger partial charge in [-0.1, -0.05) is 17.2 Å². The van der Waals surface area contributed by atoms with E-state index in [0.29, 0.717) is 17.6 Å². The average molecular weight is 377 g/mol. The zero-order chi connectivity index (χ0) is 19.3. The average Bonchev–Trinajstić information content (AvgIpc) is 3.28. The van der Waals surface area contributed by atoms with Crippen molar-refractivity contribution >= 4 is 17.4 Å². The van der Waals surface area contributed by atoms with Crippen molar-refractivity contribution in [1.82, 2.24) is 10.2 Å². The molecule has 0 bridgehead atoms. The van der Waals surface area contributed by atoms with E-state index in [1.54, 1.807) is 11.9 Å². The molecule has 1 aromatic heterocycles. The zero-order valence-corrected chi connectivity index (χ0v) is 15.5. The monoisotopic (exact) mass is 377 g/mol. The zero-order valence-electron chi connectivity index (χ0n) is 15.5. The summed E-state index contributed by atoms with van der Waals surface area (Å²) in [6.07, 6.45) is 0.732. The van der Waals surface area contributed by atoms with E-state index in [4.69, 9.17) is 24.7 Å². The van der Waals surface area contributed by atoms with Gasteiger partial charge in [-0.2, -0.15) is 5.10 Å². The van der Waals surface area contributed by atoms with Crippen LogP contribution in [0.15, 0.2) is 45.9 Å². The first-order valence-corrected chi connectivity index (χ1v) is 9.05. The van der Waals surface area contributed by atoms with Crippen LogP contribution >= 0.6 is 0 Å². The van der Waals surface area contributed by atoms with E-state index in [-0.39, 0.29) is 12.8 Å². The fraction of sp³-hybridized carbons (Fsp3) is 0.250. The summed E-state index contributed by atoms with van der Waals surface area (Å²) in [4.78, 5) is 0. The molecule has 0 saturated heterocycles. The Balaban J connectivity index is 1.71. The standard InChI is InChI=1S/C20H19N5O3/c1-11-7-14-8-17-18(27-10-26-17)9-16(14)19(13-3-5-15(21)6-4-13)24-25(11)20-23-22-12(2)28-20/h3-6,8-9,11H,7,10,21H2,1-2H3/t11-/m1/s1. The highest BCUT2D eigenvalue weighted by molar-refractivity contribution is 6.14. The molecule has 2 aliphatic heterocycles. The number of aryl methyl sites for hydroxylation is 1. The summed E-state index contributed by atoms with van der Waals surface area (Å²) in [5.74, 6) is 1.97. The number of nitrogens with zero attached hydrogens (tertiary/aromatic N) is 4. The molecule has 0 aliphatic carbocycles. The molecule has 2 aliphatic rings. The van der Waals surface area contributed by atoms with Gasteiger partial charge in [-0.05, 0) is 43.2 Å². The number of fused-ring (bicyclic) bond motifs is 2.